The Labute approximate surface area is 176 Å². The van der Waals surface area contributed by atoms with Crippen LogP contribution in [0, 0.1) is 11.3 Å². The highest BCUT2D eigenvalue weighted by Crippen LogP contribution is 2.32. The fourth-order valence-corrected chi connectivity index (χ4v) is 3.18. The van der Waals surface area contributed by atoms with Crippen molar-refractivity contribution in [2.45, 2.75) is 26.9 Å². The summed E-state index contributed by atoms with van der Waals surface area (Å²) in [4.78, 5) is 12.6. The van der Waals surface area contributed by atoms with E-state index in [4.69, 9.17) is 16.9 Å². The second-order valence-corrected chi connectivity index (χ2v) is 6.78. The number of amides is 1. The van der Waals surface area contributed by atoms with Crippen molar-refractivity contribution in [3.8, 4) is 6.07 Å². The van der Waals surface area contributed by atoms with Crippen molar-refractivity contribution >= 4 is 44.3 Å². The number of hydrogen-bond acceptors (Lipinski definition) is 4. The van der Waals surface area contributed by atoms with Crippen LogP contribution >= 0.6 is 27.5 Å². The number of halogens is 2. The third-order valence-corrected chi connectivity index (χ3v) is 5.14. The lowest BCUT2D eigenvalue weighted by atomic mass is 10.1. The molecule has 3 aromatic rings. The first kappa shape index (κ1) is 21.9. The van der Waals surface area contributed by atoms with Crippen molar-refractivity contribution in [3.63, 3.8) is 0 Å². The Kier molecular flexibility index (Phi) is 8.00. The quantitative estimate of drug-likeness (QED) is 0.591. The van der Waals surface area contributed by atoms with Gasteiger partial charge < -0.3 is 10.4 Å². The predicted octanol–water partition coefficient (Wildman–Crippen LogP) is 4.27. The summed E-state index contributed by atoms with van der Waals surface area (Å²) in [7, 11) is 0. The van der Waals surface area contributed by atoms with Gasteiger partial charge in [-0.1, -0.05) is 37.6 Å². The van der Waals surface area contributed by atoms with Crippen molar-refractivity contribution in [1.82, 2.24) is 15.1 Å². The minimum Gasteiger partial charge on any atom is -0.394 e. The van der Waals surface area contributed by atoms with Gasteiger partial charge in [0.2, 0.25) is 0 Å². The lowest BCUT2D eigenvalue weighted by molar-refractivity contribution is 0.0946. The SMILES string of the molecule is CC.N#Cc1ccc(CNC(=O)c2nn(CCO)c3c(Cl)c(Br)ccc23)cc1. The molecular weight excluding hydrogens is 444 g/mol. The van der Waals surface area contributed by atoms with Crippen LogP contribution in [0.25, 0.3) is 10.9 Å². The first-order chi connectivity index (χ1) is 13.5. The number of benzene rings is 2. The number of nitrogens with zero attached hydrogens (tertiary/aromatic N) is 3. The smallest absolute Gasteiger partial charge is 0.272 e. The Balaban J connectivity index is 0.00000136. The third kappa shape index (κ3) is 4.71. The number of fused-ring (bicyclic) bond motifs is 1. The summed E-state index contributed by atoms with van der Waals surface area (Å²) in [6, 6.07) is 12.5. The number of nitriles is 1. The Bertz CT molecular complexity index is 1010. The van der Waals surface area contributed by atoms with E-state index in [1.54, 1.807) is 36.4 Å². The molecule has 1 heterocycles. The highest BCUT2D eigenvalue weighted by atomic mass is 79.9. The summed E-state index contributed by atoms with van der Waals surface area (Å²) in [5, 5.41) is 26.3. The van der Waals surface area contributed by atoms with Crippen molar-refractivity contribution < 1.29 is 9.90 Å². The lowest BCUT2D eigenvalue weighted by Crippen LogP contribution is -2.23. The zero-order chi connectivity index (χ0) is 20.7. The molecule has 0 aliphatic rings. The van der Waals surface area contributed by atoms with Crippen molar-refractivity contribution in [2.24, 2.45) is 0 Å². The van der Waals surface area contributed by atoms with Crippen LogP contribution in [-0.2, 0) is 13.1 Å². The molecule has 0 spiro atoms. The van der Waals surface area contributed by atoms with Gasteiger partial charge in [0.15, 0.2) is 5.69 Å². The summed E-state index contributed by atoms with van der Waals surface area (Å²) in [5.41, 5.74) is 2.28. The molecule has 146 valence electrons. The van der Waals surface area contributed by atoms with Gasteiger partial charge in [0.25, 0.3) is 5.91 Å². The van der Waals surface area contributed by atoms with E-state index in [0.717, 1.165) is 5.56 Å². The normalized spacial score (nSPS) is 10.1. The highest BCUT2D eigenvalue weighted by Gasteiger charge is 2.20. The molecule has 0 unspecified atom stereocenters. The average molecular weight is 464 g/mol. The zero-order valence-electron chi connectivity index (χ0n) is 15.5. The van der Waals surface area contributed by atoms with Crippen molar-refractivity contribution in [1.29, 1.82) is 5.26 Å². The Hall–Kier alpha value is -2.40. The Morgan fingerprint density at radius 3 is 2.57 bits per heavy atom. The van der Waals surface area contributed by atoms with Crippen LogP contribution in [0.3, 0.4) is 0 Å². The molecule has 2 N–H and O–H groups in total. The van der Waals surface area contributed by atoms with Crippen molar-refractivity contribution in [2.75, 3.05) is 6.61 Å². The topological polar surface area (TPSA) is 90.9 Å². The molecule has 0 fully saturated rings. The molecule has 0 bridgehead atoms. The van der Waals surface area contributed by atoms with Crippen LogP contribution in [0.15, 0.2) is 40.9 Å². The first-order valence-corrected chi connectivity index (χ1v) is 9.95. The van der Waals surface area contributed by atoms with E-state index in [-0.39, 0.29) is 24.8 Å². The van der Waals surface area contributed by atoms with Crippen LogP contribution in [0.5, 0.6) is 0 Å². The molecule has 0 saturated heterocycles. The maximum absolute atomic E-state index is 12.6. The molecule has 6 nitrogen and oxygen atoms in total. The van der Waals surface area contributed by atoms with Gasteiger partial charge in [-0.2, -0.15) is 10.4 Å². The number of hydrogen-bond donors (Lipinski definition) is 2. The van der Waals surface area contributed by atoms with Crippen LogP contribution in [0.2, 0.25) is 5.02 Å². The van der Waals surface area contributed by atoms with Crippen LogP contribution < -0.4 is 5.32 Å². The number of rotatable bonds is 5. The van der Waals surface area contributed by atoms with Gasteiger partial charge in [-0.25, -0.2) is 0 Å². The van der Waals surface area contributed by atoms with Gasteiger partial charge in [-0.15, -0.1) is 0 Å². The van der Waals surface area contributed by atoms with E-state index in [1.165, 1.54) is 4.68 Å². The molecule has 0 radical (unpaired) electrons. The molecule has 1 amide bonds. The van der Waals surface area contributed by atoms with Gasteiger partial charge >= 0.3 is 0 Å². The van der Waals surface area contributed by atoms with E-state index in [9.17, 15) is 9.90 Å². The van der Waals surface area contributed by atoms with Crippen LogP contribution in [-0.4, -0.2) is 27.4 Å². The summed E-state index contributed by atoms with van der Waals surface area (Å²) in [6.45, 7) is 4.42. The van der Waals surface area contributed by atoms with Gasteiger partial charge in [-0.3, -0.25) is 9.48 Å². The van der Waals surface area contributed by atoms with E-state index in [1.807, 2.05) is 13.8 Å². The number of carbonyl (C=O) groups excluding carboxylic acids is 1. The molecule has 0 atom stereocenters. The number of carbonyl (C=O) groups is 1. The molecular formula is C20H20BrClN4O2. The van der Waals surface area contributed by atoms with Gasteiger partial charge in [0.05, 0.1) is 35.3 Å². The average Bonchev–Trinajstić information content (AvgIpc) is 3.10. The van der Waals surface area contributed by atoms with Gasteiger partial charge in [-0.05, 0) is 45.8 Å². The second kappa shape index (κ2) is 10.2. The van der Waals surface area contributed by atoms with E-state index >= 15 is 0 Å². The summed E-state index contributed by atoms with van der Waals surface area (Å²) in [6.07, 6.45) is 0. The number of aliphatic hydroxyl groups excluding tert-OH is 1. The molecule has 28 heavy (non-hydrogen) atoms. The molecule has 0 saturated carbocycles. The number of aromatic nitrogens is 2. The largest absolute Gasteiger partial charge is 0.394 e. The van der Waals surface area contributed by atoms with Crippen LogP contribution in [0.1, 0.15) is 35.5 Å². The van der Waals surface area contributed by atoms with Gasteiger partial charge in [0.1, 0.15) is 0 Å². The number of nitrogens with one attached hydrogen (secondary N) is 1. The maximum atomic E-state index is 12.6. The fraction of sp³-hybridized carbons (Fsp3) is 0.250. The number of aliphatic hydroxyl groups is 1. The zero-order valence-corrected chi connectivity index (χ0v) is 17.9. The van der Waals surface area contributed by atoms with E-state index in [0.29, 0.717) is 32.5 Å². The molecule has 8 heteroatoms. The van der Waals surface area contributed by atoms with Gasteiger partial charge in [0, 0.05) is 16.4 Å². The highest BCUT2D eigenvalue weighted by molar-refractivity contribution is 9.10. The maximum Gasteiger partial charge on any atom is 0.272 e. The Morgan fingerprint density at radius 2 is 1.96 bits per heavy atom. The third-order valence-electron chi connectivity index (χ3n) is 3.87. The predicted molar refractivity (Wildman–Crippen MR) is 113 cm³/mol. The molecule has 3 rings (SSSR count). The molecule has 1 aromatic heterocycles. The summed E-state index contributed by atoms with van der Waals surface area (Å²) >= 11 is 9.70. The lowest BCUT2D eigenvalue weighted by Gasteiger charge is -2.04. The van der Waals surface area contributed by atoms with Crippen LogP contribution in [0.4, 0.5) is 0 Å². The first-order valence-electron chi connectivity index (χ1n) is 8.77. The molecule has 0 aliphatic heterocycles. The minimum atomic E-state index is -0.338. The van der Waals surface area contributed by atoms with E-state index < -0.39 is 0 Å². The van der Waals surface area contributed by atoms with Crippen molar-refractivity contribution in [3.05, 3.63) is 62.7 Å². The summed E-state index contributed by atoms with van der Waals surface area (Å²) in [5.74, 6) is -0.338. The fourth-order valence-electron chi connectivity index (χ4n) is 2.60. The standard InChI is InChI=1S/C18H14BrClN4O2.C2H6/c19-14-6-5-13-16(23-24(7-8-25)17(13)15(14)20)18(26)22-10-12-3-1-11(9-21)2-4-12;1-2/h1-6,25H,7-8,10H2,(H,22,26);1-2H3. The van der Waals surface area contributed by atoms with E-state index in [2.05, 4.69) is 32.4 Å². The Morgan fingerprint density at radius 1 is 1.29 bits per heavy atom. The second-order valence-electron chi connectivity index (χ2n) is 5.54. The minimum absolute atomic E-state index is 0.119. The monoisotopic (exact) mass is 462 g/mol. The molecule has 2 aromatic carbocycles. The molecule has 0 aliphatic carbocycles. The summed E-state index contributed by atoms with van der Waals surface area (Å²) < 4.78 is 2.22.